The molecule has 1 N–H and O–H groups in total. The summed E-state index contributed by atoms with van der Waals surface area (Å²) in [6, 6.07) is 28.6. The molecule has 0 bridgehead atoms. The molecule has 1 fully saturated rings. The molecule has 0 aromatic heterocycles. The highest BCUT2D eigenvalue weighted by atomic mass is 31.2. The Morgan fingerprint density at radius 3 is 1.84 bits per heavy atom. The lowest BCUT2D eigenvalue weighted by molar-refractivity contribution is -0.171. The van der Waals surface area contributed by atoms with Crippen LogP contribution < -0.4 is 19.7 Å². The van der Waals surface area contributed by atoms with Crippen molar-refractivity contribution in [1.82, 2.24) is 4.67 Å². The van der Waals surface area contributed by atoms with Crippen molar-refractivity contribution in [3.63, 3.8) is 0 Å². The summed E-state index contributed by atoms with van der Waals surface area (Å²) in [5.74, 6) is -4.20. The number of hydrogen-bond acceptors (Lipinski definition) is 9. The van der Waals surface area contributed by atoms with Crippen LogP contribution in [0.4, 0.5) is 37.7 Å². The summed E-state index contributed by atoms with van der Waals surface area (Å²) < 4.78 is 117. The van der Waals surface area contributed by atoms with E-state index in [2.05, 4.69) is 0 Å². The van der Waals surface area contributed by atoms with E-state index in [9.17, 15) is 41.2 Å². The van der Waals surface area contributed by atoms with E-state index in [0.717, 1.165) is 24.3 Å². The van der Waals surface area contributed by atoms with Gasteiger partial charge >= 0.3 is 24.2 Å². The van der Waals surface area contributed by atoms with Gasteiger partial charge in [-0.05, 0) is 99.7 Å². The first kappa shape index (κ1) is 49.8. The summed E-state index contributed by atoms with van der Waals surface area (Å²) in [5, 5.41) is 11.0. The number of alkyl halides is 6. The molecule has 4 aromatic carbocycles. The number of nitriles is 1. The van der Waals surface area contributed by atoms with E-state index in [1.807, 2.05) is 93.0 Å². The Morgan fingerprint density at radius 1 is 0.781 bits per heavy atom. The fraction of sp³-hybridized carbons (Fsp3) is 0.413. The summed E-state index contributed by atoms with van der Waals surface area (Å²) >= 11 is 0. The van der Waals surface area contributed by atoms with E-state index in [-0.39, 0.29) is 44.6 Å². The number of carbonyl (C=O) groups is 2. The Bertz CT molecular complexity index is 2130. The summed E-state index contributed by atoms with van der Waals surface area (Å²) in [7, 11) is 1.10. The third kappa shape index (κ3) is 11.9. The second-order valence-electron chi connectivity index (χ2n) is 15.6. The van der Waals surface area contributed by atoms with Crippen molar-refractivity contribution < 1.29 is 59.2 Å². The summed E-state index contributed by atoms with van der Waals surface area (Å²) in [6.07, 6.45) is -11.9. The van der Waals surface area contributed by atoms with Crippen LogP contribution >= 0.6 is 8.53 Å². The summed E-state index contributed by atoms with van der Waals surface area (Å²) in [4.78, 5) is 25.8. The van der Waals surface area contributed by atoms with Crippen molar-refractivity contribution in [2.24, 2.45) is 5.92 Å². The predicted molar refractivity (Wildman–Crippen MR) is 230 cm³/mol. The molecule has 1 aliphatic rings. The number of methoxy groups -OCH3 is 2. The van der Waals surface area contributed by atoms with E-state index in [4.69, 9.17) is 23.3 Å². The van der Waals surface area contributed by atoms with Crippen LogP contribution in [0, 0.1) is 17.2 Å². The van der Waals surface area contributed by atoms with Gasteiger partial charge in [-0.2, -0.15) is 31.6 Å². The van der Waals surface area contributed by atoms with Gasteiger partial charge in [0.25, 0.3) is 8.53 Å². The molecule has 0 saturated heterocycles. The fourth-order valence-electron chi connectivity index (χ4n) is 7.86. The van der Waals surface area contributed by atoms with Crippen LogP contribution in [0.1, 0.15) is 63.6 Å². The molecule has 11 nitrogen and oxygen atoms in total. The number of anilines is 2. The van der Waals surface area contributed by atoms with Crippen molar-refractivity contribution in [3.05, 3.63) is 120 Å². The Hall–Kier alpha value is -5.24. The molecular weight excluding hydrogens is 865 g/mol. The molecule has 1 aliphatic carbocycles. The van der Waals surface area contributed by atoms with Crippen molar-refractivity contribution in [1.29, 1.82) is 5.26 Å². The molecule has 4 atom stereocenters. The highest BCUT2D eigenvalue weighted by molar-refractivity contribution is 7.44. The lowest BCUT2D eigenvalue weighted by Gasteiger charge is -2.39. The third-order valence-electron chi connectivity index (χ3n) is 10.6. The van der Waals surface area contributed by atoms with Gasteiger partial charge in [0.1, 0.15) is 17.1 Å². The lowest BCUT2D eigenvalue weighted by atomic mass is 9.79. The summed E-state index contributed by atoms with van der Waals surface area (Å²) in [5.41, 5.74) is -0.174. The normalized spacial score (nSPS) is 17.3. The van der Waals surface area contributed by atoms with Gasteiger partial charge in [0, 0.05) is 35.4 Å². The number of nitrogens with zero attached hydrogens (tertiary/aromatic N) is 3. The third-order valence-corrected chi connectivity index (χ3v) is 12.8. The number of benzene rings is 4. The second-order valence-corrected chi connectivity index (χ2v) is 17.0. The lowest BCUT2D eigenvalue weighted by Crippen LogP contribution is -2.47. The average molecular weight is 917 g/mol. The Labute approximate surface area is 370 Å². The number of amides is 2. The highest BCUT2D eigenvalue weighted by Crippen LogP contribution is 2.52. The van der Waals surface area contributed by atoms with E-state index in [0.29, 0.717) is 33.1 Å². The number of nitrogens with one attached hydrogen (secondary N) is 1. The number of hydrogen-bond donors (Lipinski definition) is 1. The van der Waals surface area contributed by atoms with Crippen molar-refractivity contribution in [3.8, 4) is 17.6 Å². The number of ether oxygens (including phenoxy) is 3. The SMILES string of the molecule is COc1ccc(C(OC[C@H]2C[C@H](N(C(=O)C(F)(F)F)c3cccc(NC(=O)C(F)(F)F)c3)C[C@@H]2OP(OCCC#N)N(C(C)C)C(C)C)(c2ccccc2)c2ccc(OC)cc2)cc1. The Kier molecular flexibility index (Phi) is 16.8. The highest BCUT2D eigenvalue weighted by Gasteiger charge is 2.51. The van der Waals surface area contributed by atoms with Crippen LogP contribution in [-0.4, -0.2) is 80.5 Å². The molecule has 0 aliphatic heterocycles. The van der Waals surface area contributed by atoms with Crippen LogP contribution in [0.15, 0.2) is 103 Å². The van der Waals surface area contributed by atoms with Crippen molar-refractivity contribution in [2.45, 2.75) is 89.1 Å². The monoisotopic (exact) mass is 916 g/mol. The maximum atomic E-state index is 14.6. The zero-order valence-corrected chi connectivity index (χ0v) is 37.0. The molecule has 0 heterocycles. The van der Waals surface area contributed by atoms with E-state index in [1.54, 1.807) is 29.6 Å². The maximum absolute atomic E-state index is 14.6. The Balaban J connectivity index is 1.66. The van der Waals surface area contributed by atoms with Crippen LogP contribution in [0.2, 0.25) is 0 Å². The number of rotatable bonds is 19. The zero-order chi connectivity index (χ0) is 46.8. The Morgan fingerprint density at radius 2 is 1.34 bits per heavy atom. The van der Waals surface area contributed by atoms with Crippen LogP contribution in [-0.2, 0) is 29.0 Å². The molecule has 1 saturated carbocycles. The van der Waals surface area contributed by atoms with Gasteiger partial charge < -0.3 is 33.5 Å². The van der Waals surface area contributed by atoms with Crippen LogP contribution in [0.3, 0.4) is 0 Å². The molecule has 0 radical (unpaired) electrons. The van der Waals surface area contributed by atoms with Gasteiger partial charge in [0.2, 0.25) is 0 Å². The number of halogens is 6. The van der Waals surface area contributed by atoms with E-state index < -0.39 is 67.7 Å². The van der Waals surface area contributed by atoms with Crippen molar-refractivity contribution >= 4 is 31.7 Å². The van der Waals surface area contributed by atoms with Gasteiger partial charge in [-0.25, -0.2) is 4.67 Å². The minimum absolute atomic E-state index is 0.00333. The van der Waals surface area contributed by atoms with Crippen molar-refractivity contribution in [2.75, 3.05) is 37.7 Å². The quantitative estimate of drug-likeness (QED) is 0.0424. The number of carbonyl (C=O) groups excluding carboxylic acids is 2. The minimum Gasteiger partial charge on any atom is -0.497 e. The second kappa shape index (κ2) is 21.6. The molecule has 1 unspecified atom stereocenters. The zero-order valence-electron chi connectivity index (χ0n) is 36.2. The van der Waals surface area contributed by atoms with E-state index in [1.165, 1.54) is 14.2 Å². The first-order valence-electron chi connectivity index (χ1n) is 20.5. The van der Waals surface area contributed by atoms with Crippen LogP contribution in [0.5, 0.6) is 11.5 Å². The van der Waals surface area contributed by atoms with Gasteiger partial charge in [-0.1, -0.05) is 60.7 Å². The first-order valence-corrected chi connectivity index (χ1v) is 21.6. The van der Waals surface area contributed by atoms with Gasteiger partial charge in [0.15, 0.2) is 0 Å². The minimum atomic E-state index is -5.42. The molecule has 5 rings (SSSR count). The molecule has 2 amide bonds. The molecule has 64 heavy (non-hydrogen) atoms. The average Bonchev–Trinajstić information content (AvgIpc) is 3.65. The van der Waals surface area contributed by atoms with E-state index >= 15 is 0 Å². The molecule has 18 heteroatoms. The largest absolute Gasteiger partial charge is 0.497 e. The topological polar surface area (TPSA) is 123 Å². The van der Waals surface area contributed by atoms with Gasteiger partial charge in [-0.15, -0.1) is 0 Å². The molecule has 0 spiro atoms. The first-order chi connectivity index (χ1) is 30.3. The molecule has 4 aromatic rings. The maximum Gasteiger partial charge on any atom is 0.471 e. The van der Waals surface area contributed by atoms with Gasteiger partial charge in [-0.3, -0.25) is 9.59 Å². The standard InChI is InChI=1S/C46H51F6N4O7P/c1-30(2)56(31(3)4)64(62-25-11-24-53)63-41-28-38(55(43(58)46(50,51)52)37-15-10-14-36(27-37)54-42(57)45(47,48)49)26-32(41)29-61-44(33-12-8-7-9-13-33,34-16-20-39(59-5)21-17-34)35-18-22-40(60-6)23-19-35/h7-10,12-23,27,30-32,38,41H,11,25-26,28-29H2,1-6H3,(H,54,57)/t32-,38+,41+,64?/m1/s1. The summed E-state index contributed by atoms with van der Waals surface area (Å²) in [6.45, 7) is 7.55. The smallest absolute Gasteiger partial charge is 0.471 e. The molecule has 344 valence electrons. The van der Waals surface area contributed by atoms with Crippen LogP contribution in [0.25, 0.3) is 0 Å². The molecular formula is C46H51F6N4O7P. The fourth-order valence-corrected chi connectivity index (χ4v) is 9.65. The van der Waals surface area contributed by atoms with Gasteiger partial charge in [0.05, 0.1) is 46.0 Å². The predicted octanol–water partition coefficient (Wildman–Crippen LogP) is 10.5.